The van der Waals surface area contributed by atoms with Crippen molar-refractivity contribution in [3.05, 3.63) is 139 Å². The lowest BCUT2D eigenvalue weighted by Crippen LogP contribution is -2.20. The van der Waals surface area contributed by atoms with Gasteiger partial charge in [-0.25, -0.2) is 27.5 Å². The molecular weight excluding hydrogens is 916 g/mol. The van der Waals surface area contributed by atoms with Gasteiger partial charge in [0.25, 0.3) is 11.8 Å². The number of esters is 1. The molecule has 6 aromatic rings. The van der Waals surface area contributed by atoms with Crippen LogP contribution in [-0.4, -0.2) is 46.1 Å². The Morgan fingerprint density at radius 1 is 0.678 bits per heavy atom. The molecular formula is C40H32Br2F4N4O9. The van der Waals surface area contributed by atoms with Gasteiger partial charge in [-0.15, -0.1) is 0 Å². The number of carbonyl (C=O) groups excluding carboxylic acids is 3. The van der Waals surface area contributed by atoms with Crippen LogP contribution in [0.15, 0.2) is 91.0 Å². The van der Waals surface area contributed by atoms with Gasteiger partial charge in [0.15, 0.2) is 38.6 Å². The van der Waals surface area contributed by atoms with Gasteiger partial charge in [0.1, 0.15) is 40.8 Å². The maximum absolute atomic E-state index is 14.6. The smallest absolute Gasteiger partial charge is 0.302 e. The van der Waals surface area contributed by atoms with E-state index in [9.17, 15) is 37.1 Å². The average molecular weight is 949 g/mol. The van der Waals surface area contributed by atoms with E-state index in [0.717, 1.165) is 46.5 Å². The summed E-state index contributed by atoms with van der Waals surface area (Å²) in [5, 5.41) is 9.64. The van der Waals surface area contributed by atoms with Gasteiger partial charge in [-0.2, -0.15) is 0 Å². The number of halogens is 6. The number of ether oxygens (including phenoxy) is 3. The molecule has 5 N–H and O–H groups in total. The normalized spacial score (nSPS) is 11.9. The molecule has 2 atom stereocenters. The van der Waals surface area contributed by atoms with Crippen LogP contribution in [0.4, 0.5) is 17.6 Å². The monoisotopic (exact) mass is 946 g/mol. The minimum Gasteiger partial charge on any atom is -0.475 e. The third kappa shape index (κ3) is 10.5. The Labute approximate surface area is 349 Å². The number of nitrogens with two attached hydrogens (primary N) is 2. The summed E-state index contributed by atoms with van der Waals surface area (Å²) in [6.45, 7) is 4.08. The van der Waals surface area contributed by atoms with Gasteiger partial charge >= 0.3 is 5.97 Å². The molecule has 0 aliphatic heterocycles. The van der Waals surface area contributed by atoms with E-state index >= 15 is 0 Å². The number of amides is 2. The second-order valence-electron chi connectivity index (χ2n) is 12.5. The molecule has 2 heterocycles. The minimum absolute atomic E-state index is 0.0331. The zero-order chi connectivity index (χ0) is 43.1. The van der Waals surface area contributed by atoms with E-state index in [0.29, 0.717) is 16.1 Å². The van der Waals surface area contributed by atoms with Gasteiger partial charge in [-0.3, -0.25) is 14.4 Å². The fourth-order valence-electron chi connectivity index (χ4n) is 5.21. The second-order valence-corrected chi connectivity index (χ2v) is 13.9. The number of rotatable bonds is 13. The molecule has 0 radical (unpaired) electrons. The number of benzene rings is 4. The van der Waals surface area contributed by atoms with Gasteiger partial charge in [0.2, 0.25) is 17.9 Å². The molecule has 0 spiro atoms. The lowest BCUT2D eigenvalue weighted by molar-refractivity contribution is -0.143. The summed E-state index contributed by atoms with van der Waals surface area (Å²) in [5.41, 5.74) is 12.7. The van der Waals surface area contributed by atoms with Crippen LogP contribution in [0.2, 0.25) is 0 Å². The quantitative estimate of drug-likeness (QED) is 0.0741. The van der Waals surface area contributed by atoms with Crippen molar-refractivity contribution in [2.45, 2.75) is 33.0 Å². The lowest BCUT2D eigenvalue weighted by atomic mass is 10.1. The van der Waals surface area contributed by atoms with Crippen LogP contribution in [0.3, 0.4) is 0 Å². The molecule has 308 valence electrons. The first-order valence-corrected chi connectivity index (χ1v) is 18.7. The topological polar surface area (TPSA) is 203 Å². The standard InChI is InChI=1S/C21H17BrF2N2O5.C19H15BrF2N2O4/c1-10-3-5-12(6-4-10)18-19(22)31-21(26-18)15(9-29-11(2)27)30-14-8-7-13(23)16(17(14)24)20(25)28;1-9-2-4-10(5-3-9)16-17(20)28-19(24-16)13(8-25)27-12-7-6-11(21)14(15(12)22)18(23)26/h3-8,15H,9H2,1-2H3,(H2,25,28);2-7,13,25H,8H2,1H3,(H2,23,26). The Balaban J connectivity index is 0.000000225. The molecule has 2 aromatic heterocycles. The predicted octanol–water partition coefficient (Wildman–Crippen LogP) is 8.37. The molecule has 2 unspecified atom stereocenters. The number of hydrogen-bond acceptors (Lipinski definition) is 11. The summed E-state index contributed by atoms with van der Waals surface area (Å²) in [6, 6.07) is 18.6. The van der Waals surface area contributed by atoms with Gasteiger partial charge < -0.3 is 39.6 Å². The molecule has 0 saturated carbocycles. The van der Waals surface area contributed by atoms with Gasteiger partial charge in [0, 0.05) is 18.1 Å². The summed E-state index contributed by atoms with van der Waals surface area (Å²) < 4.78 is 83.9. The third-order valence-electron chi connectivity index (χ3n) is 8.15. The Morgan fingerprint density at radius 2 is 1.07 bits per heavy atom. The van der Waals surface area contributed by atoms with Crippen LogP contribution in [-0.2, 0) is 9.53 Å². The molecule has 4 aromatic carbocycles. The Hall–Kier alpha value is -6.05. The van der Waals surface area contributed by atoms with Crippen LogP contribution in [0.1, 0.15) is 62.8 Å². The summed E-state index contributed by atoms with van der Waals surface area (Å²) in [5.74, 6) is -9.01. The van der Waals surface area contributed by atoms with Crippen LogP contribution >= 0.6 is 31.9 Å². The number of hydrogen-bond donors (Lipinski definition) is 3. The van der Waals surface area contributed by atoms with Gasteiger partial charge in [0.05, 0.1) is 6.61 Å². The predicted molar refractivity (Wildman–Crippen MR) is 209 cm³/mol. The number of aliphatic hydroxyl groups is 1. The maximum Gasteiger partial charge on any atom is 0.302 e. The van der Waals surface area contributed by atoms with Crippen LogP contribution in [0.5, 0.6) is 11.5 Å². The van der Waals surface area contributed by atoms with Crippen molar-refractivity contribution >= 4 is 49.6 Å². The van der Waals surface area contributed by atoms with Gasteiger partial charge in [-0.05, 0) is 70.0 Å². The van der Waals surface area contributed by atoms with E-state index in [1.165, 1.54) is 6.92 Å². The molecule has 2 amide bonds. The van der Waals surface area contributed by atoms with E-state index in [1.54, 1.807) is 0 Å². The van der Waals surface area contributed by atoms with Crippen LogP contribution < -0.4 is 20.9 Å². The zero-order valence-corrected chi connectivity index (χ0v) is 34.2. The summed E-state index contributed by atoms with van der Waals surface area (Å²) in [7, 11) is 0. The second kappa shape index (κ2) is 19.1. The van der Waals surface area contributed by atoms with Crippen molar-refractivity contribution in [3.8, 4) is 34.0 Å². The van der Waals surface area contributed by atoms with Crippen LogP contribution in [0, 0.1) is 37.1 Å². The highest BCUT2D eigenvalue weighted by atomic mass is 79.9. The number of carbonyl (C=O) groups is 3. The molecule has 0 bridgehead atoms. The SMILES string of the molecule is CC(=O)OCC(Oc1ccc(F)c(C(N)=O)c1F)c1nc(-c2ccc(C)cc2)c(Br)o1.Cc1ccc(-c2nc(C(CO)Oc3ccc(F)c(C(N)=O)c3F)oc2Br)cc1. The molecule has 19 heteroatoms. The molecule has 59 heavy (non-hydrogen) atoms. The van der Waals surface area contributed by atoms with E-state index in [2.05, 4.69) is 41.8 Å². The van der Waals surface area contributed by atoms with E-state index in [-0.39, 0.29) is 23.1 Å². The summed E-state index contributed by atoms with van der Waals surface area (Å²) in [6.07, 6.45) is -2.39. The number of aryl methyl sites for hydroxylation is 2. The number of primary amides is 2. The fraction of sp³-hybridized carbons (Fsp3) is 0.175. The molecule has 0 saturated heterocycles. The highest BCUT2D eigenvalue weighted by Crippen LogP contribution is 2.35. The molecule has 13 nitrogen and oxygen atoms in total. The van der Waals surface area contributed by atoms with E-state index in [4.69, 9.17) is 34.5 Å². The van der Waals surface area contributed by atoms with Gasteiger partial charge in [-0.1, -0.05) is 59.7 Å². The van der Waals surface area contributed by atoms with Crippen molar-refractivity contribution in [1.29, 1.82) is 0 Å². The van der Waals surface area contributed by atoms with Crippen molar-refractivity contribution in [2.75, 3.05) is 13.2 Å². The molecule has 6 rings (SSSR count). The maximum atomic E-state index is 14.6. The third-order valence-corrected chi connectivity index (χ3v) is 9.23. The highest BCUT2D eigenvalue weighted by Gasteiger charge is 2.29. The zero-order valence-electron chi connectivity index (χ0n) is 31.0. The first-order valence-electron chi connectivity index (χ1n) is 17.1. The Morgan fingerprint density at radius 3 is 1.44 bits per heavy atom. The lowest BCUT2D eigenvalue weighted by Gasteiger charge is -2.17. The molecule has 0 aliphatic rings. The van der Waals surface area contributed by atoms with Crippen molar-refractivity contribution in [2.24, 2.45) is 11.5 Å². The number of aromatic nitrogens is 2. The number of nitrogens with zero attached hydrogens (tertiary/aromatic N) is 2. The summed E-state index contributed by atoms with van der Waals surface area (Å²) >= 11 is 6.54. The minimum atomic E-state index is -1.29. The van der Waals surface area contributed by atoms with E-state index < -0.39 is 82.5 Å². The average Bonchev–Trinajstić information content (AvgIpc) is 3.76. The number of oxazole rings is 2. The largest absolute Gasteiger partial charge is 0.475 e. The summed E-state index contributed by atoms with van der Waals surface area (Å²) in [4.78, 5) is 42.6. The van der Waals surface area contributed by atoms with Crippen LogP contribution in [0.25, 0.3) is 22.5 Å². The Kier molecular flexibility index (Phi) is 14.3. The van der Waals surface area contributed by atoms with E-state index in [1.807, 2.05) is 62.4 Å². The first-order chi connectivity index (χ1) is 28.0. The highest BCUT2D eigenvalue weighted by molar-refractivity contribution is 9.10. The number of aliphatic hydroxyl groups excluding tert-OH is 1. The first kappa shape index (κ1) is 44.1. The Bertz CT molecular complexity index is 2500. The van der Waals surface area contributed by atoms with Crippen molar-refractivity contribution in [1.82, 2.24) is 9.97 Å². The molecule has 0 aliphatic carbocycles. The fourth-order valence-corrected chi connectivity index (χ4v) is 6.18. The molecule has 0 fully saturated rings. The van der Waals surface area contributed by atoms with Crippen molar-refractivity contribution < 1.29 is 60.1 Å². The van der Waals surface area contributed by atoms with Crippen molar-refractivity contribution in [3.63, 3.8) is 0 Å².